The molecule has 0 aromatic heterocycles. The third-order valence-corrected chi connectivity index (χ3v) is 0.500. The zero-order valence-corrected chi connectivity index (χ0v) is 12.6. The van der Waals surface area contributed by atoms with Crippen molar-refractivity contribution in [1.82, 2.24) is 0 Å². The molecule has 0 bridgehead atoms. The van der Waals surface area contributed by atoms with Gasteiger partial charge in [0.15, 0.2) is 0 Å². The first-order valence-electron chi connectivity index (χ1n) is 3.20. The Hall–Kier alpha value is -0.635. The fourth-order valence-electron chi connectivity index (χ4n) is 0. The van der Waals surface area contributed by atoms with Gasteiger partial charge >= 0.3 is 76.3 Å². The van der Waals surface area contributed by atoms with E-state index in [1.807, 2.05) is 0 Å². The zero-order chi connectivity index (χ0) is 15.5. The second-order valence-electron chi connectivity index (χ2n) is 1.72. The van der Waals surface area contributed by atoms with Crippen LogP contribution in [0.25, 0.3) is 0 Å². The Bertz CT molecular complexity index is 281. The predicted octanol–water partition coefficient (Wildman–Crippen LogP) is -10.5. The summed E-state index contributed by atoms with van der Waals surface area (Å²) in [7, 11) is 0. The Morgan fingerprint density at radius 3 is 0.400 bits per heavy atom. The SMILES string of the molecule is O=C([O-])C(=O)[O-].O=C([O-])C(=O)[O-].O=C([O-])C(=O)[O-].[Dy+3].[Dy+3]. The molecule has 0 amide bonds. The first-order chi connectivity index (χ1) is 7.93. The van der Waals surface area contributed by atoms with Crippen LogP contribution in [0, 0.1) is 76.3 Å². The van der Waals surface area contributed by atoms with Gasteiger partial charge in [-0.15, -0.1) is 0 Å². The van der Waals surface area contributed by atoms with E-state index in [0.29, 0.717) is 0 Å². The first kappa shape index (κ1) is 31.7. The number of carboxylic acids is 6. The number of carbonyl (C=O) groups excluding carboxylic acids is 6. The van der Waals surface area contributed by atoms with E-state index in [0.717, 1.165) is 0 Å². The topological polar surface area (TPSA) is 241 Å². The smallest absolute Gasteiger partial charge is 0.543 e. The monoisotopic (exact) mass is 592 g/mol. The van der Waals surface area contributed by atoms with Gasteiger partial charge in [-0.1, -0.05) is 0 Å². The maximum Gasteiger partial charge on any atom is 3.00 e. The quantitative estimate of drug-likeness (QED) is 0.239. The minimum Gasteiger partial charge on any atom is -0.543 e. The molecular formula is C6Dy2O12. The van der Waals surface area contributed by atoms with Crippen LogP contribution in [0.5, 0.6) is 0 Å². The van der Waals surface area contributed by atoms with Crippen LogP contribution < -0.4 is 30.6 Å². The van der Waals surface area contributed by atoms with Crippen LogP contribution in [0.4, 0.5) is 0 Å². The van der Waals surface area contributed by atoms with Gasteiger partial charge in [-0.05, 0) is 0 Å². The third-order valence-electron chi connectivity index (χ3n) is 0.500. The molecule has 20 heavy (non-hydrogen) atoms. The van der Waals surface area contributed by atoms with Crippen LogP contribution in [0.15, 0.2) is 0 Å². The molecule has 0 N–H and O–H groups in total. The molecule has 12 nitrogen and oxygen atoms in total. The molecule has 0 aromatic carbocycles. The number of hydrogen-bond acceptors (Lipinski definition) is 12. The molecule has 116 valence electrons. The summed E-state index contributed by atoms with van der Waals surface area (Å²) in [5.41, 5.74) is 0. The van der Waals surface area contributed by atoms with Crippen LogP contribution in [0.1, 0.15) is 0 Å². The molecule has 0 aliphatic heterocycles. The molecule has 0 fully saturated rings. The molecule has 0 aromatic rings. The predicted molar refractivity (Wildman–Crippen MR) is 30.0 cm³/mol. The largest absolute Gasteiger partial charge is 3.00 e. The summed E-state index contributed by atoms with van der Waals surface area (Å²) in [6, 6.07) is 0. The van der Waals surface area contributed by atoms with Crippen molar-refractivity contribution in [3.05, 3.63) is 0 Å². The zero-order valence-electron chi connectivity index (χ0n) is 8.53. The van der Waals surface area contributed by atoms with Gasteiger partial charge in [0, 0.05) is 0 Å². The summed E-state index contributed by atoms with van der Waals surface area (Å²) in [5, 5.41) is 53.6. The molecule has 0 unspecified atom stereocenters. The van der Waals surface area contributed by atoms with E-state index >= 15 is 0 Å². The van der Waals surface area contributed by atoms with Crippen LogP contribution >= 0.6 is 0 Å². The Morgan fingerprint density at radius 2 is 0.400 bits per heavy atom. The van der Waals surface area contributed by atoms with Gasteiger partial charge < -0.3 is 59.4 Å². The number of rotatable bonds is 0. The van der Waals surface area contributed by atoms with Gasteiger partial charge in [-0.25, -0.2) is 0 Å². The molecule has 2 radical (unpaired) electrons. The molecule has 0 saturated heterocycles. The van der Waals surface area contributed by atoms with E-state index in [9.17, 15) is 0 Å². The molecule has 0 spiro atoms. The van der Waals surface area contributed by atoms with Crippen molar-refractivity contribution in [3.8, 4) is 0 Å². The Labute approximate surface area is 169 Å². The van der Waals surface area contributed by atoms with Crippen molar-refractivity contribution in [2.24, 2.45) is 0 Å². The maximum atomic E-state index is 8.93. The van der Waals surface area contributed by atoms with E-state index in [1.54, 1.807) is 0 Å². The Morgan fingerprint density at radius 1 is 0.350 bits per heavy atom. The molecule has 0 atom stereocenters. The number of hydrogen-bond donors (Lipinski definition) is 0. The van der Waals surface area contributed by atoms with Crippen molar-refractivity contribution < 1.29 is 136 Å². The van der Waals surface area contributed by atoms with Crippen molar-refractivity contribution in [3.63, 3.8) is 0 Å². The van der Waals surface area contributed by atoms with Crippen LogP contribution in [0.3, 0.4) is 0 Å². The Balaban J connectivity index is -0.0000000536. The fraction of sp³-hybridized carbons (Fsp3) is 0. The summed E-state index contributed by atoms with van der Waals surface area (Å²) in [4.78, 5) is 53.6. The third kappa shape index (κ3) is 36.0. The van der Waals surface area contributed by atoms with Crippen molar-refractivity contribution in [2.45, 2.75) is 0 Å². The second-order valence-corrected chi connectivity index (χ2v) is 1.72. The minimum atomic E-state index is -2.19. The van der Waals surface area contributed by atoms with Crippen molar-refractivity contribution in [1.29, 1.82) is 0 Å². The van der Waals surface area contributed by atoms with Gasteiger partial charge in [0.2, 0.25) is 0 Å². The van der Waals surface area contributed by atoms with Crippen LogP contribution in [-0.2, 0) is 28.8 Å². The van der Waals surface area contributed by atoms with Gasteiger partial charge in [0.05, 0.1) is 35.8 Å². The van der Waals surface area contributed by atoms with E-state index in [1.165, 1.54) is 0 Å². The van der Waals surface area contributed by atoms with Crippen LogP contribution in [-0.4, -0.2) is 35.8 Å². The number of carbonyl (C=O) groups is 6. The van der Waals surface area contributed by atoms with Gasteiger partial charge in [0.1, 0.15) is 0 Å². The molecule has 0 heterocycles. The van der Waals surface area contributed by atoms with E-state index in [-0.39, 0.29) is 76.3 Å². The summed E-state index contributed by atoms with van der Waals surface area (Å²) >= 11 is 0. The summed E-state index contributed by atoms with van der Waals surface area (Å²) in [5.74, 6) is -13.1. The second kappa shape index (κ2) is 18.4. The molecule has 0 aliphatic rings. The molecule has 0 saturated carbocycles. The summed E-state index contributed by atoms with van der Waals surface area (Å²) in [6.45, 7) is 0. The van der Waals surface area contributed by atoms with E-state index in [2.05, 4.69) is 0 Å². The van der Waals surface area contributed by atoms with Gasteiger partial charge in [-0.3, -0.25) is 0 Å². The Kier molecular flexibility index (Phi) is 29.1. The van der Waals surface area contributed by atoms with Gasteiger partial charge in [0.25, 0.3) is 0 Å². The van der Waals surface area contributed by atoms with Crippen LogP contribution in [0.2, 0.25) is 0 Å². The molecule has 14 heteroatoms. The standard InChI is InChI=1S/3C2H2O4.2Dy/c3*3-1(4)2(5)6;;/h3*(H,3,4)(H,5,6);;/q;;;2*+3/p-6. The first-order valence-corrected chi connectivity index (χ1v) is 3.20. The maximum absolute atomic E-state index is 8.93. The normalized spacial score (nSPS) is 6.60. The van der Waals surface area contributed by atoms with Crippen molar-refractivity contribution >= 4 is 35.8 Å². The summed E-state index contributed by atoms with van der Waals surface area (Å²) in [6.07, 6.45) is 0. The fourth-order valence-corrected chi connectivity index (χ4v) is 0. The molecular weight excluding hydrogens is 589 g/mol. The van der Waals surface area contributed by atoms with Crippen molar-refractivity contribution in [2.75, 3.05) is 0 Å². The number of aliphatic carboxylic acids is 6. The molecule has 0 rings (SSSR count). The molecule has 0 aliphatic carbocycles. The summed E-state index contributed by atoms with van der Waals surface area (Å²) < 4.78 is 0. The van der Waals surface area contributed by atoms with E-state index in [4.69, 9.17) is 59.4 Å². The average Bonchev–Trinajstić information content (AvgIpc) is 2.18. The van der Waals surface area contributed by atoms with E-state index < -0.39 is 35.8 Å². The number of carboxylic acid groups (broad SMARTS) is 6. The average molecular weight is 589 g/mol. The minimum absolute atomic E-state index is 0. The van der Waals surface area contributed by atoms with Gasteiger partial charge in [-0.2, -0.15) is 0 Å².